The van der Waals surface area contributed by atoms with Crippen LogP contribution in [-0.4, -0.2) is 4.83 Å². The van der Waals surface area contributed by atoms with Crippen LogP contribution in [0.2, 0.25) is 0 Å². The largest absolute Gasteiger partial charge is 0.0888 e. The molecule has 1 saturated carbocycles. The minimum absolute atomic E-state index is 0.717. The standard InChI is InChI=1S/C8H15Br/c1-3-4-8(5-6-8)7(2)9/h7H,3-6H2,1-2H3. The van der Waals surface area contributed by atoms with Gasteiger partial charge in [-0.15, -0.1) is 0 Å². The predicted molar refractivity (Wildman–Crippen MR) is 45.0 cm³/mol. The van der Waals surface area contributed by atoms with Crippen LogP contribution in [0.4, 0.5) is 0 Å². The van der Waals surface area contributed by atoms with Crippen LogP contribution in [-0.2, 0) is 0 Å². The Morgan fingerprint density at radius 1 is 1.56 bits per heavy atom. The highest BCUT2D eigenvalue weighted by Crippen LogP contribution is 2.54. The fraction of sp³-hybridized carbons (Fsp3) is 1.00. The average molecular weight is 191 g/mol. The van der Waals surface area contributed by atoms with Gasteiger partial charge in [-0.25, -0.2) is 0 Å². The molecule has 0 nitrogen and oxygen atoms in total. The summed E-state index contributed by atoms with van der Waals surface area (Å²) in [5, 5.41) is 0. The lowest BCUT2D eigenvalue weighted by Crippen LogP contribution is -2.10. The van der Waals surface area contributed by atoms with E-state index < -0.39 is 0 Å². The van der Waals surface area contributed by atoms with Crippen molar-refractivity contribution in [1.82, 2.24) is 0 Å². The fourth-order valence-corrected chi connectivity index (χ4v) is 2.19. The van der Waals surface area contributed by atoms with Crippen molar-refractivity contribution in [3.8, 4) is 0 Å². The van der Waals surface area contributed by atoms with Gasteiger partial charge in [0.05, 0.1) is 0 Å². The van der Waals surface area contributed by atoms with Gasteiger partial charge >= 0.3 is 0 Å². The molecule has 1 unspecified atom stereocenters. The smallest absolute Gasteiger partial charge is 0.0173 e. The third kappa shape index (κ3) is 1.49. The number of rotatable bonds is 3. The second kappa shape index (κ2) is 2.61. The Balaban J connectivity index is 2.33. The number of hydrogen-bond acceptors (Lipinski definition) is 0. The average Bonchev–Trinajstić information content (AvgIpc) is 2.49. The zero-order chi connectivity index (χ0) is 6.91. The maximum Gasteiger partial charge on any atom is 0.0173 e. The molecule has 0 heterocycles. The zero-order valence-electron chi connectivity index (χ0n) is 6.28. The predicted octanol–water partition coefficient (Wildman–Crippen LogP) is 3.35. The fourth-order valence-electron chi connectivity index (χ4n) is 1.51. The number of hydrogen-bond donors (Lipinski definition) is 0. The van der Waals surface area contributed by atoms with Crippen molar-refractivity contribution >= 4 is 15.9 Å². The van der Waals surface area contributed by atoms with Crippen LogP contribution in [0, 0.1) is 5.41 Å². The van der Waals surface area contributed by atoms with E-state index in [0.717, 1.165) is 10.2 Å². The number of alkyl halides is 1. The van der Waals surface area contributed by atoms with Crippen LogP contribution in [0.25, 0.3) is 0 Å². The zero-order valence-corrected chi connectivity index (χ0v) is 7.87. The molecular weight excluding hydrogens is 176 g/mol. The van der Waals surface area contributed by atoms with Gasteiger partial charge in [-0.1, -0.05) is 36.2 Å². The van der Waals surface area contributed by atoms with Crippen molar-refractivity contribution in [1.29, 1.82) is 0 Å². The first-order valence-corrected chi connectivity index (χ1v) is 4.77. The molecule has 0 aliphatic heterocycles. The molecule has 0 saturated heterocycles. The molecule has 0 N–H and O–H groups in total. The Morgan fingerprint density at radius 2 is 2.11 bits per heavy atom. The van der Waals surface area contributed by atoms with Crippen LogP contribution < -0.4 is 0 Å². The van der Waals surface area contributed by atoms with Crippen LogP contribution in [0.15, 0.2) is 0 Å². The van der Waals surface area contributed by atoms with Gasteiger partial charge in [-0.3, -0.25) is 0 Å². The molecule has 0 bridgehead atoms. The molecule has 0 amide bonds. The summed E-state index contributed by atoms with van der Waals surface area (Å²) < 4.78 is 0. The third-order valence-electron chi connectivity index (χ3n) is 2.48. The summed E-state index contributed by atoms with van der Waals surface area (Å²) in [4.78, 5) is 0.741. The maximum absolute atomic E-state index is 3.66. The SMILES string of the molecule is CCCC1(C(C)Br)CC1. The number of halogens is 1. The Hall–Kier alpha value is 0.480. The summed E-state index contributed by atoms with van der Waals surface area (Å²) in [7, 11) is 0. The molecule has 1 aliphatic rings. The lowest BCUT2D eigenvalue weighted by molar-refractivity contribution is 0.461. The van der Waals surface area contributed by atoms with E-state index >= 15 is 0 Å². The van der Waals surface area contributed by atoms with Gasteiger partial charge in [-0.2, -0.15) is 0 Å². The summed E-state index contributed by atoms with van der Waals surface area (Å²) in [6.07, 6.45) is 5.66. The Bertz CT molecular complexity index is 92.7. The Morgan fingerprint density at radius 3 is 2.22 bits per heavy atom. The highest BCUT2D eigenvalue weighted by molar-refractivity contribution is 9.09. The lowest BCUT2D eigenvalue weighted by atomic mass is 9.98. The van der Waals surface area contributed by atoms with Crippen molar-refractivity contribution in [2.45, 2.75) is 44.4 Å². The first kappa shape index (κ1) is 7.59. The summed E-state index contributed by atoms with van der Waals surface area (Å²) in [6, 6.07) is 0. The summed E-state index contributed by atoms with van der Waals surface area (Å²) in [6.45, 7) is 4.55. The molecule has 1 rings (SSSR count). The van der Waals surface area contributed by atoms with E-state index in [4.69, 9.17) is 0 Å². The summed E-state index contributed by atoms with van der Waals surface area (Å²) in [5.41, 5.74) is 0.717. The monoisotopic (exact) mass is 190 g/mol. The first-order chi connectivity index (χ1) is 4.21. The highest BCUT2D eigenvalue weighted by Gasteiger charge is 2.44. The highest BCUT2D eigenvalue weighted by atomic mass is 79.9. The minimum atomic E-state index is 0.717. The molecule has 9 heavy (non-hydrogen) atoms. The van der Waals surface area contributed by atoms with Crippen molar-refractivity contribution in [3.63, 3.8) is 0 Å². The van der Waals surface area contributed by atoms with Gasteiger partial charge in [0, 0.05) is 4.83 Å². The van der Waals surface area contributed by atoms with Gasteiger partial charge in [-0.05, 0) is 24.7 Å². The minimum Gasteiger partial charge on any atom is -0.0888 e. The summed E-state index contributed by atoms with van der Waals surface area (Å²) >= 11 is 3.66. The van der Waals surface area contributed by atoms with Gasteiger partial charge in [0.2, 0.25) is 0 Å². The second-order valence-corrected chi connectivity index (χ2v) is 4.60. The molecule has 0 aromatic carbocycles. The normalized spacial score (nSPS) is 25.7. The van der Waals surface area contributed by atoms with Crippen molar-refractivity contribution in [3.05, 3.63) is 0 Å². The molecular formula is C8H15Br. The second-order valence-electron chi connectivity index (χ2n) is 3.23. The quantitative estimate of drug-likeness (QED) is 0.600. The van der Waals surface area contributed by atoms with Gasteiger partial charge in [0.25, 0.3) is 0 Å². The van der Waals surface area contributed by atoms with Gasteiger partial charge in [0.1, 0.15) is 0 Å². The van der Waals surface area contributed by atoms with E-state index in [1.165, 1.54) is 25.7 Å². The van der Waals surface area contributed by atoms with E-state index in [1.807, 2.05) is 0 Å². The molecule has 1 fully saturated rings. The summed E-state index contributed by atoms with van der Waals surface area (Å²) in [5.74, 6) is 0. The van der Waals surface area contributed by atoms with Gasteiger partial charge in [0.15, 0.2) is 0 Å². The van der Waals surface area contributed by atoms with E-state index in [2.05, 4.69) is 29.8 Å². The molecule has 0 aromatic rings. The molecule has 1 aliphatic carbocycles. The molecule has 54 valence electrons. The van der Waals surface area contributed by atoms with Gasteiger partial charge < -0.3 is 0 Å². The first-order valence-electron chi connectivity index (χ1n) is 3.85. The van der Waals surface area contributed by atoms with E-state index in [9.17, 15) is 0 Å². The van der Waals surface area contributed by atoms with E-state index in [-0.39, 0.29) is 0 Å². The van der Waals surface area contributed by atoms with Crippen LogP contribution in [0.1, 0.15) is 39.5 Å². The van der Waals surface area contributed by atoms with E-state index in [0.29, 0.717) is 0 Å². The molecule has 1 atom stereocenters. The lowest BCUT2D eigenvalue weighted by Gasteiger charge is -2.15. The van der Waals surface area contributed by atoms with Crippen LogP contribution in [0.5, 0.6) is 0 Å². The Kier molecular flexibility index (Phi) is 2.20. The molecule has 0 aromatic heterocycles. The van der Waals surface area contributed by atoms with Crippen molar-refractivity contribution in [2.75, 3.05) is 0 Å². The molecule has 0 spiro atoms. The topological polar surface area (TPSA) is 0 Å². The molecule has 0 radical (unpaired) electrons. The van der Waals surface area contributed by atoms with Crippen molar-refractivity contribution < 1.29 is 0 Å². The van der Waals surface area contributed by atoms with Crippen LogP contribution in [0.3, 0.4) is 0 Å². The van der Waals surface area contributed by atoms with E-state index in [1.54, 1.807) is 0 Å². The third-order valence-corrected chi connectivity index (χ3v) is 3.46. The maximum atomic E-state index is 3.66. The Labute approximate surface area is 66.2 Å². The molecule has 1 heteroatoms. The van der Waals surface area contributed by atoms with Crippen LogP contribution >= 0.6 is 15.9 Å². The van der Waals surface area contributed by atoms with Crippen molar-refractivity contribution in [2.24, 2.45) is 5.41 Å².